The van der Waals surface area contributed by atoms with E-state index in [-0.39, 0.29) is 5.75 Å². The molecule has 0 fully saturated rings. The van der Waals surface area contributed by atoms with E-state index in [9.17, 15) is 4.39 Å². The number of alkyl halides is 1. The number of aromatic hydroxyl groups is 1. The second-order valence-corrected chi connectivity index (χ2v) is 3.37. The first-order valence-electron chi connectivity index (χ1n) is 3.77. The third-order valence-electron chi connectivity index (χ3n) is 1.61. The van der Waals surface area contributed by atoms with Crippen molar-refractivity contribution in [3.05, 3.63) is 29.6 Å². The minimum absolute atomic E-state index is 0.280. The van der Waals surface area contributed by atoms with E-state index < -0.39 is 5.82 Å². The maximum atomic E-state index is 12.7. The number of halogens is 2. The summed E-state index contributed by atoms with van der Waals surface area (Å²) in [5.74, 6) is -0.820. The van der Waals surface area contributed by atoms with Gasteiger partial charge in [-0.1, -0.05) is 22.0 Å². The average molecular weight is 233 g/mol. The molecular weight excluding hydrogens is 223 g/mol. The topological polar surface area (TPSA) is 20.2 Å². The van der Waals surface area contributed by atoms with Crippen LogP contribution in [0.25, 0.3) is 0 Å². The highest BCUT2D eigenvalue weighted by Gasteiger charge is 2.00. The highest BCUT2D eigenvalue weighted by molar-refractivity contribution is 9.09. The summed E-state index contributed by atoms with van der Waals surface area (Å²) in [7, 11) is 0. The van der Waals surface area contributed by atoms with Crippen LogP contribution in [0, 0.1) is 5.82 Å². The molecule has 0 bridgehead atoms. The highest BCUT2D eigenvalue weighted by atomic mass is 79.9. The minimum atomic E-state index is -0.540. The smallest absolute Gasteiger partial charge is 0.165 e. The summed E-state index contributed by atoms with van der Waals surface area (Å²) >= 11 is 3.30. The maximum Gasteiger partial charge on any atom is 0.165 e. The molecule has 0 aromatic heterocycles. The quantitative estimate of drug-likeness (QED) is 0.796. The number of hydrogen-bond acceptors (Lipinski definition) is 1. The van der Waals surface area contributed by atoms with E-state index in [1.165, 1.54) is 12.1 Å². The third kappa shape index (κ3) is 2.48. The number of hydrogen-bond donors (Lipinski definition) is 1. The molecule has 0 unspecified atom stereocenters. The molecule has 66 valence electrons. The second kappa shape index (κ2) is 4.45. The van der Waals surface area contributed by atoms with E-state index in [1.54, 1.807) is 6.07 Å². The molecule has 0 atom stereocenters. The van der Waals surface area contributed by atoms with Crippen molar-refractivity contribution >= 4 is 15.9 Å². The highest BCUT2D eigenvalue weighted by Crippen LogP contribution is 2.17. The molecule has 1 rings (SSSR count). The first-order chi connectivity index (χ1) is 5.74. The van der Waals surface area contributed by atoms with Crippen molar-refractivity contribution in [1.29, 1.82) is 0 Å². The molecule has 0 spiro atoms. The van der Waals surface area contributed by atoms with E-state index in [4.69, 9.17) is 5.11 Å². The zero-order valence-corrected chi connectivity index (χ0v) is 8.14. The Hall–Kier alpha value is -0.570. The lowest BCUT2D eigenvalue weighted by Gasteiger charge is -2.00. The van der Waals surface area contributed by atoms with Crippen LogP contribution in [0.1, 0.15) is 12.0 Å². The van der Waals surface area contributed by atoms with Gasteiger partial charge in [-0.25, -0.2) is 4.39 Å². The molecule has 0 amide bonds. The van der Waals surface area contributed by atoms with Gasteiger partial charge < -0.3 is 5.11 Å². The van der Waals surface area contributed by atoms with Crippen LogP contribution in [0.4, 0.5) is 4.39 Å². The summed E-state index contributed by atoms with van der Waals surface area (Å²) < 4.78 is 12.7. The van der Waals surface area contributed by atoms with Crippen molar-refractivity contribution in [1.82, 2.24) is 0 Å². The zero-order valence-electron chi connectivity index (χ0n) is 6.56. The van der Waals surface area contributed by atoms with Crippen molar-refractivity contribution in [2.75, 3.05) is 5.33 Å². The number of rotatable bonds is 3. The Morgan fingerprint density at radius 1 is 1.42 bits per heavy atom. The molecule has 1 nitrogen and oxygen atoms in total. The molecule has 1 N–H and O–H groups in total. The standard InChI is InChI=1S/C9H10BrFO/c10-5-1-2-7-3-4-9(12)8(11)6-7/h3-4,6,12H,1-2,5H2. The van der Waals surface area contributed by atoms with Crippen LogP contribution in [-0.4, -0.2) is 10.4 Å². The third-order valence-corrected chi connectivity index (χ3v) is 2.17. The summed E-state index contributed by atoms with van der Waals surface area (Å²) in [5, 5.41) is 9.80. The van der Waals surface area contributed by atoms with Gasteiger partial charge in [0.2, 0.25) is 0 Å². The van der Waals surface area contributed by atoms with E-state index in [0.29, 0.717) is 0 Å². The van der Waals surface area contributed by atoms with Crippen LogP contribution in [0.5, 0.6) is 5.75 Å². The van der Waals surface area contributed by atoms with Crippen molar-refractivity contribution in [3.63, 3.8) is 0 Å². The van der Waals surface area contributed by atoms with Gasteiger partial charge in [-0.2, -0.15) is 0 Å². The molecule has 0 aliphatic heterocycles. The van der Waals surface area contributed by atoms with Crippen LogP contribution in [0.15, 0.2) is 18.2 Å². The van der Waals surface area contributed by atoms with Crippen molar-refractivity contribution < 1.29 is 9.50 Å². The van der Waals surface area contributed by atoms with Crippen molar-refractivity contribution in [2.45, 2.75) is 12.8 Å². The summed E-state index contributed by atoms with van der Waals surface area (Å²) in [5.41, 5.74) is 0.921. The van der Waals surface area contributed by atoms with E-state index in [2.05, 4.69) is 15.9 Å². The average Bonchev–Trinajstić information content (AvgIpc) is 2.07. The molecule has 0 aliphatic carbocycles. The van der Waals surface area contributed by atoms with Crippen LogP contribution in [0.3, 0.4) is 0 Å². The van der Waals surface area contributed by atoms with Crippen LogP contribution in [-0.2, 0) is 6.42 Å². The Morgan fingerprint density at radius 3 is 2.75 bits per heavy atom. The Labute approximate surface area is 79.4 Å². The molecular formula is C9H10BrFO. The summed E-state index contributed by atoms with van der Waals surface area (Å²) in [6.07, 6.45) is 1.81. The number of phenols is 1. The normalized spacial score (nSPS) is 10.2. The van der Waals surface area contributed by atoms with Gasteiger partial charge in [0.25, 0.3) is 0 Å². The second-order valence-electron chi connectivity index (χ2n) is 2.58. The van der Waals surface area contributed by atoms with E-state index in [1.807, 2.05) is 0 Å². The lowest BCUT2D eigenvalue weighted by Crippen LogP contribution is -1.87. The van der Waals surface area contributed by atoms with Gasteiger partial charge in [0.1, 0.15) is 0 Å². The molecule has 0 aliphatic rings. The maximum absolute atomic E-state index is 12.7. The first kappa shape index (κ1) is 9.52. The molecule has 1 aromatic carbocycles. The lowest BCUT2D eigenvalue weighted by molar-refractivity contribution is 0.432. The fraction of sp³-hybridized carbons (Fsp3) is 0.333. The van der Waals surface area contributed by atoms with Gasteiger partial charge in [-0.15, -0.1) is 0 Å². The molecule has 0 radical (unpaired) electrons. The lowest BCUT2D eigenvalue weighted by atomic mass is 10.1. The monoisotopic (exact) mass is 232 g/mol. The number of phenolic OH excluding ortho intramolecular Hbond substituents is 1. The first-order valence-corrected chi connectivity index (χ1v) is 4.89. The Morgan fingerprint density at radius 2 is 2.17 bits per heavy atom. The van der Waals surface area contributed by atoms with Gasteiger partial charge in [0.15, 0.2) is 11.6 Å². The van der Waals surface area contributed by atoms with Gasteiger partial charge in [0, 0.05) is 5.33 Å². The van der Waals surface area contributed by atoms with Crippen LogP contribution >= 0.6 is 15.9 Å². The Kier molecular flexibility index (Phi) is 3.53. The summed E-state index contributed by atoms with van der Waals surface area (Å²) in [4.78, 5) is 0. The molecule has 0 saturated carbocycles. The van der Waals surface area contributed by atoms with Gasteiger partial charge in [-0.05, 0) is 30.5 Å². The van der Waals surface area contributed by atoms with Crippen molar-refractivity contribution in [2.24, 2.45) is 0 Å². The van der Waals surface area contributed by atoms with Crippen molar-refractivity contribution in [3.8, 4) is 5.75 Å². The van der Waals surface area contributed by atoms with Gasteiger partial charge in [-0.3, -0.25) is 0 Å². The Balaban J connectivity index is 2.69. The van der Waals surface area contributed by atoms with E-state index >= 15 is 0 Å². The molecule has 1 aromatic rings. The largest absolute Gasteiger partial charge is 0.505 e. The summed E-state index contributed by atoms with van der Waals surface area (Å²) in [6.45, 7) is 0. The zero-order chi connectivity index (χ0) is 8.97. The fourth-order valence-corrected chi connectivity index (χ4v) is 1.26. The van der Waals surface area contributed by atoms with Crippen LogP contribution in [0.2, 0.25) is 0 Å². The van der Waals surface area contributed by atoms with Gasteiger partial charge in [0.05, 0.1) is 0 Å². The predicted octanol–water partition coefficient (Wildman–Crippen LogP) is 2.86. The summed E-state index contributed by atoms with van der Waals surface area (Å²) in [6, 6.07) is 4.50. The molecule has 12 heavy (non-hydrogen) atoms. The predicted molar refractivity (Wildman–Crippen MR) is 50.2 cm³/mol. The number of benzene rings is 1. The van der Waals surface area contributed by atoms with Crippen LogP contribution < -0.4 is 0 Å². The fourth-order valence-electron chi connectivity index (χ4n) is 0.977. The van der Waals surface area contributed by atoms with E-state index in [0.717, 1.165) is 23.7 Å². The molecule has 0 heterocycles. The Bertz CT molecular complexity index is 263. The number of aryl methyl sites for hydroxylation is 1. The molecule has 3 heteroatoms. The van der Waals surface area contributed by atoms with Gasteiger partial charge >= 0.3 is 0 Å². The SMILES string of the molecule is Oc1ccc(CCCBr)cc1F. The minimum Gasteiger partial charge on any atom is -0.505 e. The molecule has 0 saturated heterocycles.